The number of hydrogen-bond donors (Lipinski definition) is 1. The van der Waals surface area contributed by atoms with Gasteiger partial charge in [0, 0.05) is 17.8 Å². The van der Waals surface area contributed by atoms with E-state index in [1.165, 1.54) is 11.3 Å². The molecule has 3 aromatic rings. The Morgan fingerprint density at radius 3 is 2.72 bits per heavy atom. The van der Waals surface area contributed by atoms with Crippen LogP contribution in [0.4, 0.5) is 5.13 Å². The standard InChI is InChI=1S/C17H16N4O3S/c1-12-11-25-17(19-12)20-15(22)10-24-16(23)14-5-3-13(4-6-14)9-21-8-2-7-18-21/h2-8,11H,9-10H2,1H3,(H,19,20,22). The second-order valence-electron chi connectivity index (χ2n) is 5.32. The number of benzene rings is 1. The summed E-state index contributed by atoms with van der Waals surface area (Å²) >= 11 is 1.32. The molecule has 0 saturated heterocycles. The van der Waals surface area contributed by atoms with Gasteiger partial charge in [-0.15, -0.1) is 11.3 Å². The van der Waals surface area contributed by atoms with Gasteiger partial charge in [0.1, 0.15) is 0 Å². The van der Waals surface area contributed by atoms with Crippen molar-refractivity contribution in [2.24, 2.45) is 0 Å². The number of thiazole rings is 1. The minimum absolute atomic E-state index is 0.355. The van der Waals surface area contributed by atoms with E-state index in [2.05, 4.69) is 15.4 Å². The highest BCUT2D eigenvalue weighted by atomic mass is 32.1. The van der Waals surface area contributed by atoms with Gasteiger partial charge in [0.05, 0.1) is 17.8 Å². The zero-order chi connectivity index (χ0) is 17.6. The van der Waals surface area contributed by atoms with E-state index in [9.17, 15) is 9.59 Å². The van der Waals surface area contributed by atoms with Crippen molar-refractivity contribution < 1.29 is 14.3 Å². The molecule has 0 bridgehead atoms. The summed E-state index contributed by atoms with van der Waals surface area (Å²) in [5, 5.41) is 9.03. The molecule has 3 rings (SSSR count). The van der Waals surface area contributed by atoms with Gasteiger partial charge in [0.2, 0.25) is 0 Å². The second kappa shape index (κ2) is 7.71. The van der Waals surface area contributed by atoms with Gasteiger partial charge in [0.25, 0.3) is 5.91 Å². The van der Waals surface area contributed by atoms with Gasteiger partial charge < -0.3 is 4.74 Å². The molecule has 25 heavy (non-hydrogen) atoms. The number of aryl methyl sites for hydroxylation is 1. The average molecular weight is 356 g/mol. The van der Waals surface area contributed by atoms with Crippen molar-refractivity contribution in [3.63, 3.8) is 0 Å². The van der Waals surface area contributed by atoms with Crippen LogP contribution in [0.3, 0.4) is 0 Å². The summed E-state index contributed by atoms with van der Waals surface area (Å²) in [7, 11) is 0. The number of rotatable bonds is 6. The van der Waals surface area contributed by atoms with Crippen molar-refractivity contribution in [3.8, 4) is 0 Å². The largest absolute Gasteiger partial charge is 0.452 e. The summed E-state index contributed by atoms with van der Waals surface area (Å²) in [5.74, 6) is -0.964. The topological polar surface area (TPSA) is 86.1 Å². The Balaban J connectivity index is 1.50. The Labute approximate surface area is 148 Å². The van der Waals surface area contributed by atoms with Gasteiger partial charge in [0.15, 0.2) is 11.7 Å². The van der Waals surface area contributed by atoms with Crippen LogP contribution in [0.25, 0.3) is 0 Å². The SMILES string of the molecule is Cc1csc(NC(=O)COC(=O)c2ccc(Cn3cccn3)cc2)n1. The van der Waals surface area contributed by atoms with Crippen molar-refractivity contribution in [2.75, 3.05) is 11.9 Å². The van der Waals surface area contributed by atoms with E-state index in [4.69, 9.17) is 4.74 Å². The predicted molar refractivity (Wildman–Crippen MR) is 93.5 cm³/mol. The van der Waals surface area contributed by atoms with E-state index < -0.39 is 11.9 Å². The van der Waals surface area contributed by atoms with Crippen LogP contribution in [-0.2, 0) is 16.1 Å². The highest BCUT2D eigenvalue weighted by Crippen LogP contribution is 2.14. The maximum Gasteiger partial charge on any atom is 0.338 e. The van der Waals surface area contributed by atoms with Crippen molar-refractivity contribution in [3.05, 3.63) is 64.9 Å². The first kappa shape index (κ1) is 16.8. The minimum atomic E-state index is -0.545. The molecule has 0 atom stereocenters. The fourth-order valence-corrected chi connectivity index (χ4v) is 2.81. The quantitative estimate of drug-likeness (QED) is 0.686. The Bertz CT molecular complexity index is 856. The maximum atomic E-state index is 12.0. The van der Waals surface area contributed by atoms with E-state index >= 15 is 0 Å². The van der Waals surface area contributed by atoms with Crippen molar-refractivity contribution in [1.29, 1.82) is 0 Å². The summed E-state index contributed by atoms with van der Waals surface area (Å²) in [4.78, 5) is 27.9. The third kappa shape index (κ3) is 4.74. The highest BCUT2D eigenvalue weighted by molar-refractivity contribution is 7.13. The number of aromatic nitrogens is 3. The molecule has 8 heteroatoms. The molecule has 0 saturated carbocycles. The number of anilines is 1. The monoisotopic (exact) mass is 356 g/mol. The van der Waals surface area contributed by atoms with Gasteiger partial charge in [-0.25, -0.2) is 9.78 Å². The number of nitrogens with zero attached hydrogens (tertiary/aromatic N) is 3. The lowest BCUT2D eigenvalue weighted by Crippen LogP contribution is -2.20. The van der Waals surface area contributed by atoms with Crippen LogP contribution in [0, 0.1) is 6.92 Å². The van der Waals surface area contributed by atoms with E-state index in [1.54, 1.807) is 23.0 Å². The van der Waals surface area contributed by atoms with Crippen molar-refractivity contribution in [2.45, 2.75) is 13.5 Å². The zero-order valence-electron chi connectivity index (χ0n) is 13.5. The second-order valence-corrected chi connectivity index (χ2v) is 6.18. The number of ether oxygens (including phenoxy) is 1. The van der Waals surface area contributed by atoms with Crippen LogP contribution in [0.15, 0.2) is 48.1 Å². The molecular weight excluding hydrogens is 340 g/mol. The van der Waals surface area contributed by atoms with Crippen molar-refractivity contribution in [1.82, 2.24) is 14.8 Å². The summed E-state index contributed by atoms with van der Waals surface area (Å²) < 4.78 is 6.81. The van der Waals surface area contributed by atoms with Gasteiger partial charge in [-0.3, -0.25) is 14.8 Å². The summed E-state index contributed by atoms with van der Waals surface area (Å²) in [6.07, 6.45) is 3.58. The molecule has 128 valence electrons. The molecule has 2 heterocycles. The fourth-order valence-electron chi connectivity index (χ4n) is 2.11. The molecule has 0 aliphatic heterocycles. The molecule has 1 aromatic carbocycles. The van der Waals surface area contributed by atoms with Crippen LogP contribution < -0.4 is 5.32 Å². The van der Waals surface area contributed by atoms with Crippen LogP contribution >= 0.6 is 11.3 Å². The summed E-state index contributed by atoms with van der Waals surface area (Å²) in [6.45, 7) is 2.10. The normalized spacial score (nSPS) is 10.4. The van der Waals surface area contributed by atoms with Crippen molar-refractivity contribution >= 4 is 28.3 Å². The third-order valence-electron chi connectivity index (χ3n) is 3.29. The average Bonchev–Trinajstić information content (AvgIpc) is 3.25. The van der Waals surface area contributed by atoms with Crippen LogP contribution in [0.1, 0.15) is 21.6 Å². The smallest absolute Gasteiger partial charge is 0.338 e. The summed E-state index contributed by atoms with van der Waals surface area (Å²) in [6, 6.07) is 8.85. The van der Waals surface area contributed by atoms with Crippen LogP contribution in [0.2, 0.25) is 0 Å². The molecular formula is C17H16N4O3S. The Morgan fingerprint density at radius 1 is 1.28 bits per heavy atom. The van der Waals surface area contributed by atoms with Gasteiger partial charge in [-0.2, -0.15) is 5.10 Å². The molecule has 2 aromatic heterocycles. The molecule has 7 nitrogen and oxygen atoms in total. The first-order valence-electron chi connectivity index (χ1n) is 7.55. The fraction of sp³-hybridized carbons (Fsp3) is 0.176. The van der Waals surface area contributed by atoms with Crippen LogP contribution in [0.5, 0.6) is 0 Å². The zero-order valence-corrected chi connectivity index (χ0v) is 14.3. The lowest BCUT2D eigenvalue weighted by molar-refractivity contribution is -0.119. The Kier molecular flexibility index (Phi) is 5.20. The highest BCUT2D eigenvalue weighted by Gasteiger charge is 2.11. The first-order valence-corrected chi connectivity index (χ1v) is 8.43. The predicted octanol–water partition coefficient (Wildman–Crippen LogP) is 2.49. The van der Waals surface area contributed by atoms with E-state index in [1.807, 2.05) is 36.7 Å². The number of carbonyl (C=O) groups excluding carboxylic acids is 2. The Morgan fingerprint density at radius 2 is 2.08 bits per heavy atom. The molecule has 1 amide bonds. The lowest BCUT2D eigenvalue weighted by atomic mass is 10.1. The molecule has 0 unspecified atom stereocenters. The number of carbonyl (C=O) groups is 2. The molecule has 0 aliphatic carbocycles. The molecule has 1 N–H and O–H groups in total. The molecule has 0 fully saturated rings. The molecule has 0 aliphatic rings. The maximum absolute atomic E-state index is 12.0. The molecule has 0 radical (unpaired) electrons. The minimum Gasteiger partial charge on any atom is -0.452 e. The number of esters is 1. The Hall–Kier alpha value is -3.00. The van der Waals surface area contributed by atoms with Crippen LogP contribution in [-0.4, -0.2) is 33.2 Å². The third-order valence-corrected chi connectivity index (χ3v) is 4.17. The first-order chi connectivity index (χ1) is 12.1. The number of nitrogens with one attached hydrogen (secondary N) is 1. The van der Waals surface area contributed by atoms with Gasteiger partial charge >= 0.3 is 5.97 Å². The van der Waals surface area contributed by atoms with Gasteiger partial charge in [-0.1, -0.05) is 12.1 Å². The summed E-state index contributed by atoms with van der Waals surface area (Å²) in [5.41, 5.74) is 2.23. The molecule has 0 spiro atoms. The van der Waals surface area contributed by atoms with E-state index in [0.717, 1.165) is 11.3 Å². The van der Waals surface area contributed by atoms with Gasteiger partial charge in [-0.05, 0) is 30.7 Å². The number of amides is 1. The van der Waals surface area contributed by atoms with E-state index in [-0.39, 0.29) is 6.61 Å². The van der Waals surface area contributed by atoms with E-state index in [0.29, 0.717) is 17.2 Å². The lowest BCUT2D eigenvalue weighted by Gasteiger charge is -2.06. The number of hydrogen-bond acceptors (Lipinski definition) is 6.